The number of benzene rings is 1. The average Bonchev–Trinajstić information content (AvgIpc) is 2.30. The fraction of sp³-hybridized carbons (Fsp3) is 0.286. The summed E-state index contributed by atoms with van der Waals surface area (Å²) in [6, 6.07) is 10.6. The van der Waals surface area contributed by atoms with Gasteiger partial charge in [0.05, 0.1) is 0 Å². The SMILES string of the molecule is C=CCN(Cc1ccccc1)[Si](C)(C)C=C. The van der Waals surface area contributed by atoms with Gasteiger partial charge in [0, 0.05) is 13.1 Å². The summed E-state index contributed by atoms with van der Waals surface area (Å²) in [6.07, 6.45) is 1.97. The molecule has 0 radical (unpaired) electrons. The van der Waals surface area contributed by atoms with Crippen LogP contribution in [-0.2, 0) is 6.54 Å². The van der Waals surface area contributed by atoms with Crippen molar-refractivity contribution in [3.8, 4) is 0 Å². The molecule has 0 saturated heterocycles. The van der Waals surface area contributed by atoms with Crippen molar-refractivity contribution in [2.75, 3.05) is 6.54 Å². The Labute approximate surface area is 100 Å². The predicted octanol–water partition coefficient (Wildman–Crippen LogP) is 3.60. The maximum atomic E-state index is 3.96. The molecule has 1 nitrogen and oxygen atoms in total. The molecule has 2 heteroatoms. The van der Waals surface area contributed by atoms with E-state index in [1.807, 2.05) is 6.08 Å². The molecule has 0 fully saturated rings. The van der Waals surface area contributed by atoms with Gasteiger partial charge in [-0.25, -0.2) is 0 Å². The molecule has 0 aliphatic heterocycles. The molecular formula is C14H21NSi. The molecule has 1 aromatic carbocycles. The lowest BCUT2D eigenvalue weighted by Gasteiger charge is -2.33. The van der Waals surface area contributed by atoms with Crippen LogP contribution in [0.1, 0.15) is 5.56 Å². The predicted molar refractivity (Wildman–Crippen MR) is 74.7 cm³/mol. The van der Waals surface area contributed by atoms with Gasteiger partial charge in [0.2, 0.25) is 0 Å². The van der Waals surface area contributed by atoms with Gasteiger partial charge in [0.25, 0.3) is 0 Å². The second kappa shape index (κ2) is 5.82. The lowest BCUT2D eigenvalue weighted by molar-refractivity contribution is 0.465. The highest BCUT2D eigenvalue weighted by atomic mass is 28.3. The summed E-state index contributed by atoms with van der Waals surface area (Å²) in [7, 11) is -1.48. The van der Waals surface area contributed by atoms with Crippen molar-refractivity contribution in [1.82, 2.24) is 4.57 Å². The molecule has 16 heavy (non-hydrogen) atoms. The van der Waals surface area contributed by atoms with E-state index in [2.05, 4.69) is 66.8 Å². The number of hydrogen-bond donors (Lipinski definition) is 0. The van der Waals surface area contributed by atoms with E-state index in [-0.39, 0.29) is 0 Å². The molecule has 0 amide bonds. The van der Waals surface area contributed by atoms with Crippen molar-refractivity contribution in [2.24, 2.45) is 0 Å². The summed E-state index contributed by atoms with van der Waals surface area (Å²) >= 11 is 0. The van der Waals surface area contributed by atoms with Gasteiger partial charge in [-0.1, -0.05) is 55.2 Å². The van der Waals surface area contributed by atoms with Crippen LogP contribution in [0, 0.1) is 0 Å². The highest BCUT2D eigenvalue weighted by Gasteiger charge is 2.24. The van der Waals surface area contributed by atoms with Crippen molar-refractivity contribution in [1.29, 1.82) is 0 Å². The minimum Gasteiger partial charge on any atom is -0.313 e. The van der Waals surface area contributed by atoms with Crippen LogP contribution in [-0.4, -0.2) is 19.3 Å². The minimum atomic E-state index is -1.48. The largest absolute Gasteiger partial charge is 0.313 e. The van der Waals surface area contributed by atoms with Crippen LogP contribution in [0.25, 0.3) is 0 Å². The fourth-order valence-electron chi connectivity index (χ4n) is 1.59. The molecule has 0 saturated carbocycles. The van der Waals surface area contributed by atoms with Crippen LogP contribution < -0.4 is 0 Å². The lowest BCUT2D eigenvalue weighted by Crippen LogP contribution is -2.46. The van der Waals surface area contributed by atoms with E-state index in [1.165, 1.54) is 5.56 Å². The fourth-order valence-corrected chi connectivity index (χ4v) is 3.04. The average molecular weight is 231 g/mol. The van der Waals surface area contributed by atoms with Gasteiger partial charge in [-0.15, -0.1) is 13.2 Å². The Bertz CT molecular complexity index is 343. The second-order valence-corrected chi connectivity index (χ2v) is 8.86. The van der Waals surface area contributed by atoms with Crippen LogP contribution in [0.5, 0.6) is 0 Å². The molecule has 0 heterocycles. The summed E-state index contributed by atoms with van der Waals surface area (Å²) in [5.41, 5.74) is 3.48. The minimum absolute atomic E-state index is 0.931. The van der Waals surface area contributed by atoms with Crippen LogP contribution in [0.2, 0.25) is 13.1 Å². The number of rotatable bonds is 6. The molecule has 1 rings (SSSR count). The van der Waals surface area contributed by atoms with Crippen LogP contribution >= 0.6 is 0 Å². The van der Waals surface area contributed by atoms with Gasteiger partial charge in [-0.2, -0.15) is 0 Å². The Morgan fingerprint density at radius 2 is 1.81 bits per heavy atom. The lowest BCUT2D eigenvalue weighted by atomic mass is 10.2. The normalized spacial score (nSPS) is 11.4. The summed E-state index contributed by atoms with van der Waals surface area (Å²) in [6.45, 7) is 14.3. The third-order valence-electron chi connectivity index (χ3n) is 2.88. The first-order chi connectivity index (χ1) is 7.60. The van der Waals surface area contributed by atoms with E-state index in [0.29, 0.717) is 0 Å². The zero-order chi connectivity index (χ0) is 12.0. The quantitative estimate of drug-likeness (QED) is 0.534. The smallest absolute Gasteiger partial charge is 0.146 e. The Morgan fingerprint density at radius 1 is 1.19 bits per heavy atom. The third-order valence-corrected chi connectivity index (χ3v) is 5.85. The molecule has 0 unspecified atom stereocenters. The molecule has 0 atom stereocenters. The van der Waals surface area contributed by atoms with Gasteiger partial charge in [-0.3, -0.25) is 0 Å². The van der Waals surface area contributed by atoms with Gasteiger partial charge >= 0.3 is 0 Å². The van der Waals surface area contributed by atoms with E-state index in [9.17, 15) is 0 Å². The Kier molecular flexibility index (Phi) is 4.71. The first-order valence-electron chi connectivity index (χ1n) is 5.63. The van der Waals surface area contributed by atoms with E-state index in [0.717, 1.165) is 13.1 Å². The van der Waals surface area contributed by atoms with Gasteiger partial charge in [0.1, 0.15) is 8.24 Å². The maximum Gasteiger partial charge on any atom is 0.146 e. The Hall–Kier alpha value is -1.12. The molecular weight excluding hydrogens is 210 g/mol. The van der Waals surface area contributed by atoms with Crippen molar-refractivity contribution < 1.29 is 0 Å². The molecule has 0 bridgehead atoms. The van der Waals surface area contributed by atoms with Crippen molar-refractivity contribution >= 4 is 8.24 Å². The second-order valence-electron chi connectivity index (χ2n) is 4.51. The Balaban J connectivity index is 2.80. The Morgan fingerprint density at radius 3 is 2.31 bits per heavy atom. The van der Waals surface area contributed by atoms with E-state index >= 15 is 0 Å². The van der Waals surface area contributed by atoms with Gasteiger partial charge in [0.15, 0.2) is 0 Å². The molecule has 0 aliphatic rings. The number of nitrogens with zero attached hydrogens (tertiary/aromatic N) is 1. The first kappa shape index (κ1) is 12.9. The molecule has 0 aromatic heterocycles. The van der Waals surface area contributed by atoms with E-state index in [4.69, 9.17) is 0 Å². The van der Waals surface area contributed by atoms with E-state index in [1.54, 1.807) is 0 Å². The van der Waals surface area contributed by atoms with Crippen molar-refractivity contribution in [2.45, 2.75) is 19.6 Å². The van der Waals surface area contributed by atoms with Crippen molar-refractivity contribution in [3.63, 3.8) is 0 Å². The molecule has 0 N–H and O–H groups in total. The van der Waals surface area contributed by atoms with Crippen LogP contribution in [0.4, 0.5) is 0 Å². The standard InChI is InChI=1S/C14H21NSi/c1-5-12-15(16(3,4)6-2)13-14-10-8-7-9-11-14/h5-11H,1-2,12-13H2,3-4H3. The third kappa shape index (κ3) is 3.47. The molecule has 1 aromatic rings. The zero-order valence-corrected chi connectivity index (χ0v) is 11.3. The monoisotopic (exact) mass is 231 g/mol. The van der Waals surface area contributed by atoms with Gasteiger partial charge < -0.3 is 4.57 Å². The molecule has 0 aliphatic carbocycles. The number of hydrogen-bond acceptors (Lipinski definition) is 1. The van der Waals surface area contributed by atoms with Crippen LogP contribution in [0.3, 0.4) is 0 Å². The summed E-state index contributed by atoms with van der Waals surface area (Å²) < 4.78 is 2.49. The summed E-state index contributed by atoms with van der Waals surface area (Å²) in [4.78, 5) is 0. The topological polar surface area (TPSA) is 3.24 Å². The zero-order valence-electron chi connectivity index (χ0n) is 10.3. The summed E-state index contributed by atoms with van der Waals surface area (Å²) in [5, 5.41) is 0. The van der Waals surface area contributed by atoms with Crippen molar-refractivity contribution in [3.05, 3.63) is 60.8 Å². The molecule has 86 valence electrons. The highest BCUT2D eigenvalue weighted by molar-refractivity contribution is 6.79. The summed E-state index contributed by atoms with van der Waals surface area (Å²) in [5.74, 6) is 0. The van der Waals surface area contributed by atoms with Crippen LogP contribution in [0.15, 0.2) is 55.3 Å². The first-order valence-corrected chi connectivity index (χ1v) is 8.66. The maximum absolute atomic E-state index is 3.96. The van der Waals surface area contributed by atoms with Gasteiger partial charge in [-0.05, 0) is 5.56 Å². The highest BCUT2D eigenvalue weighted by Crippen LogP contribution is 2.15. The molecule has 0 spiro atoms. The van der Waals surface area contributed by atoms with E-state index < -0.39 is 8.24 Å².